The number of fused-ring (bicyclic) bond motifs is 1. The van der Waals surface area contributed by atoms with E-state index in [2.05, 4.69) is 37.1 Å². The maximum Gasteiger partial charge on any atom is 0.326 e. The van der Waals surface area contributed by atoms with E-state index >= 15 is 0 Å². The predicted octanol–water partition coefficient (Wildman–Crippen LogP) is 3.06. The molecule has 1 aliphatic rings. The molecule has 1 unspecified atom stereocenters. The van der Waals surface area contributed by atoms with Gasteiger partial charge in [0.1, 0.15) is 11.7 Å². The van der Waals surface area contributed by atoms with Gasteiger partial charge in [-0.25, -0.2) is 4.79 Å². The Labute approximate surface area is 135 Å². The number of benzene rings is 1. The van der Waals surface area contributed by atoms with Crippen molar-refractivity contribution in [2.24, 2.45) is 5.92 Å². The van der Waals surface area contributed by atoms with Crippen molar-refractivity contribution in [3.63, 3.8) is 0 Å². The van der Waals surface area contributed by atoms with Crippen LogP contribution >= 0.6 is 0 Å². The molecule has 0 aliphatic heterocycles. The van der Waals surface area contributed by atoms with Crippen LogP contribution in [0.5, 0.6) is 0 Å². The van der Waals surface area contributed by atoms with Gasteiger partial charge in [-0.15, -0.1) is 0 Å². The zero-order valence-electron chi connectivity index (χ0n) is 13.6. The summed E-state index contributed by atoms with van der Waals surface area (Å²) in [5, 5.41) is 12.8. The first-order valence-corrected chi connectivity index (χ1v) is 7.92. The number of carboxylic acid groups (broad SMARTS) is 1. The van der Waals surface area contributed by atoms with Crippen LogP contribution in [-0.2, 0) is 10.2 Å². The quantitative estimate of drug-likeness (QED) is 0.811. The molecule has 1 fully saturated rings. The fraction of sp³-hybridized carbons (Fsp3) is 0.444. The van der Waals surface area contributed by atoms with Gasteiger partial charge in [-0.1, -0.05) is 32.9 Å². The van der Waals surface area contributed by atoms with Gasteiger partial charge in [-0.2, -0.15) is 0 Å². The molecule has 122 valence electrons. The van der Waals surface area contributed by atoms with Crippen molar-refractivity contribution < 1.29 is 14.7 Å². The van der Waals surface area contributed by atoms with Crippen LogP contribution in [0.2, 0.25) is 0 Å². The van der Waals surface area contributed by atoms with E-state index in [-0.39, 0.29) is 17.2 Å². The number of carbonyl (C=O) groups is 2. The third-order valence-electron chi connectivity index (χ3n) is 4.38. The van der Waals surface area contributed by atoms with Crippen LogP contribution in [-0.4, -0.2) is 28.0 Å². The molecule has 0 spiro atoms. The molecule has 0 saturated heterocycles. The van der Waals surface area contributed by atoms with Crippen LogP contribution in [0.3, 0.4) is 0 Å². The molecule has 1 amide bonds. The van der Waals surface area contributed by atoms with E-state index in [9.17, 15) is 14.7 Å². The Bertz CT molecular complexity index is 766. The molecular formula is C18H22N2O3. The number of aliphatic carboxylic acids is 1. The van der Waals surface area contributed by atoms with Crippen molar-refractivity contribution in [3.05, 3.63) is 35.5 Å². The second-order valence-corrected chi connectivity index (χ2v) is 7.36. The first-order chi connectivity index (χ1) is 10.8. The highest BCUT2D eigenvalue weighted by Gasteiger charge is 2.37. The van der Waals surface area contributed by atoms with Crippen LogP contribution in [0.25, 0.3) is 10.9 Å². The molecule has 0 radical (unpaired) electrons. The Morgan fingerprint density at radius 3 is 2.52 bits per heavy atom. The number of carboxylic acids is 1. The number of aromatic nitrogens is 1. The van der Waals surface area contributed by atoms with Crippen LogP contribution in [0, 0.1) is 5.92 Å². The number of hydrogen-bond donors (Lipinski definition) is 3. The summed E-state index contributed by atoms with van der Waals surface area (Å²) in [5.74, 6) is -1.27. The Kier molecular flexibility index (Phi) is 3.66. The number of rotatable bonds is 4. The molecule has 3 rings (SSSR count). The third kappa shape index (κ3) is 3.23. The monoisotopic (exact) mass is 314 g/mol. The molecule has 0 bridgehead atoms. The smallest absolute Gasteiger partial charge is 0.326 e. The maximum absolute atomic E-state index is 12.3. The lowest BCUT2D eigenvalue weighted by atomic mass is 9.87. The lowest BCUT2D eigenvalue weighted by molar-refractivity contribution is -0.139. The summed E-state index contributed by atoms with van der Waals surface area (Å²) < 4.78 is 0. The average Bonchev–Trinajstić information content (AvgIpc) is 3.20. The number of aromatic amines is 1. The highest BCUT2D eigenvalue weighted by atomic mass is 16.4. The topological polar surface area (TPSA) is 82.2 Å². The SMILES string of the molecule is CC(C)(C)c1ccc2cc(C(=O)NC(C(=O)O)C3CC3)[nH]c2c1. The minimum Gasteiger partial charge on any atom is -0.480 e. The molecule has 5 heteroatoms. The fourth-order valence-electron chi connectivity index (χ4n) is 2.75. The fourth-order valence-corrected chi connectivity index (χ4v) is 2.75. The molecule has 23 heavy (non-hydrogen) atoms. The van der Waals surface area contributed by atoms with Gasteiger partial charge in [0.2, 0.25) is 0 Å². The molecule has 3 N–H and O–H groups in total. The standard InChI is InChI=1S/C18H22N2O3/c1-18(2,3)12-7-6-11-8-14(19-13(11)9-12)16(21)20-15(17(22)23)10-4-5-10/h6-10,15,19H,4-5H2,1-3H3,(H,20,21)(H,22,23). The van der Waals surface area contributed by atoms with Gasteiger partial charge < -0.3 is 15.4 Å². The number of carbonyl (C=O) groups excluding carboxylic acids is 1. The van der Waals surface area contributed by atoms with Crippen molar-refractivity contribution in [2.75, 3.05) is 0 Å². The molecule has 1 heterocycles. The van der Waals surface area contributed by atoms with Gasteiger partial charge in [-0.3, -0.25) is 4.79 Å². The van der Waals surface area contributed by atoms with Crippen LogP contribution in [0.15, 0.2) is 24.3 Å². The highest BCUT2D eigenvalue weighted by Crippen LogP contribution is 2.33. The molecule has 2 aromatic rings. The van der Waals surface area contributed by atoms with E-state index in [1.807, 2.05) is 12.1 Å². The number of hydrogen-bond acceptors (Lipinski definition) is 2. The van der Waals surface area contributed by atoms with Gasteiger partial charge in [0.25, 0.3) is 5.91 Å². The summed E-state index contributed by atoms with van der Waals surface area (Å²) in [6.45, 7) is 6.41. The molecule has 1 aromatic carbocycles. The van der Waals surface area contributed by atoms with Crippen LogP contribution in [0.1, 0.15) is 49.7 Å². The summed E-state index contributed by atoms with van der Waals surface area (Å²) in [6.07, 6.45) is 1.72. The van der Waals surface area contributed by atoms with Gasteiger partial charge in [-0.05, 0) is 41.9 Å². The Hall–Kier alpha value is -2.30. The molecule has 1 atom stereocenters. The molecule has 5 nitrogen and oxygen atoms in total. The van der Waals surface area contributed by atoms with E-state index in [0.29, 0.717) is 5.69 Å². The molecule has 1 saturated carbocycles. The largest absolute Gasteiger partial charge is 0.480 e. The van der Waals surface area contributed by atoms with Gasteiger partial charge in [0.05, 0.1) is 0 Å². The first kappa shape index (κ1) is 15.6. The zero-order chi connectivity index (χ0) is 16.8. The van der Waals surface area contributed by atoms with Crippen LogP contribution in [0.4, 0.5) is 0 Å². The summed E-state index contributed by atoms with van der Waals surface area (Å²) in [5.41, 5.74) is 2.50. The lowest BCUT2D eigenvalue weighted by Crippen LogP contribution is -2.42. The normalized spacial score (nSPS) is 16.3. The predicted molar refractivity (Wildman–Crippen MR) is 88.6 cm³/mol. The van der Waals surface area contributed by atoms with Crippen molar-refractivity contribution in [3.8, 4) is 0 Å². The minimum absolute atomic E-state index is 0.0299. The van der Waals surface area contributed by atoms with Crippen molar-refractivity contribution in [1.82, 2.24) is 10.3 Å². The minimum atomic E-state index is -0.966. The van der Waals surface area contributed by atoms with Crippen molar-refractivity contribution in [2.45, 2.75) is 45.1 Å². The third-order valence-corrected chi connectivity index (χ3v) is 4.38. The number of amides is 1. The van der Waals surface area contributed by atoms with E-state index in [1.165, 1.54) is 5.56 Å². The second kappa shape index (κ2) is 5.41. The number of H-pyrrole nitrogens is 1. The average molecular weight is 314 g/mol. The van der Waals surface area contributed by atoms with Crippen molar-refractivity contribution >= 4 is 22.8 Å². The first-order valence-electron chi connectivity index (χ1n) is 7.92. The van der Waals surface area contributed by atoms with E-state index < -0.39 is 12.0 Å². The van der Waals surface area contributed by atoms with Gasteiger partial charge in [0.15, 0.2) is 0 Å². The Morgan fingerprint density at radius 1 is 1.26 bits per heavy atom. The van der Waals surface area contributed by atoms with Gasteiger partial charge >= 0.3 is 5.97 Å². The van der Waals surface area contributed by atoms with E-state index in [0.717, 1.165) is 23.7 Å². The lowest BCUT2D eigenvalue weighted by Gasteiger charge is -2.18. The summed E-state index contributed by atoms with van der Waals surface area (Å²) in [4.78, 5) is 26.7. The van der Waals surface area contributed by atoms with E-state index in [4.69, 9.17) is 0 Å². The summed E-state index contributed by atoms with van der Waals surface area (Å²) >= 11 is 0. The molecule has 1 aromatic heterocycles. The number of nitrogens with one attached hydrogen (secondary N) is 2. The van der Waals surface area contributed by atoms with Crippen molar-refractivity contribution in [1.29, 1.82) is 0 Å². The van der Waals surface area contributed by atoms with E-state index in [1.54, 1.807) is 6.07 Å². The summed E-state index contributed by atoms with van der Waals surface area (Å²) in [6, 6.07) is 7.06. The highest BCUT2D eigenvalue weighted by molar-refractivity contribution is 5.99. The van der Waals surface area contributed by atoms with Crippen LogP contribution < -0.4 is 5.32 Å². The zero-order valence-corrected chi connectivity index (χ0v) is 13.6. The second-order valence-electron chi connectivity index (χ2n) is 7.36. The maximum atomic E-state index is 12.3. The molecular weight excluding hydrogens is 292 g/mol. The Morgan fingerprint density at radius 2 is 1.96 bits per heavy atom. The molecule has 1 aliphatic carbocycles. The Balaban J connectivity index is 1.85. The van der Waals surface area contributed by atoms with Gasteiger partial charge in [0, 0.05) is 10.9 Å². The summed E-state index contributed by atoms with van der Waals surface area (Å²) in [7, 11) is 0.